The van der Waals surface area contributed by atoms with Gasteiger partial charge in [-0.2, -0.15) is 0 Å². The molecule has 0 spiro atoms. The van der Waals surface area contributed by atoms with E-state index in [0.717, 1.165) is 28.4 Å². The Morgan fingerprint density at radius 2 is 2.00 bits per heavy atom. The van der Waals surface area contributed by atoms with Crippen LogP contribution in [0.4, 0.5) is 4.79 Å². The minimum Gasteiger partial charge on any atom is -0.412 e. The molecule has 1 amide bonds. The summed E-state index contributed by atoms with van der Waals surface area (Å²) in [5.74, 6) is -1.04. The van der Waals surface area contributed by atoms with Crippen molar-refractivity contribution in [3.05, 3.63) is 33.4 Å². The molecule has 0 aliphatic heterocycles. The molecule has 5 heteroatoms. The first-order chi connectivity index (χ1) is 10.4. The van der Waals surface area contributed by atoms with Gasteiger partial charge in [0, 0.05) is 28.7 Å². The van der Waals surface area contributed by atoms with Crippen molar-refractivity contribution in [1.29, 1.82) is 0 Å². The van der Waals surface area contributed by atoms with Crippen molar-refractivity contribution in [3.8, 4) is 0 Å². The van der Waals surface area contributed by atoms with Gasteiger partial charge in [-0.15, -0.1) is 0 Å². The van der Waals surface area contributed by atoms with Crippen LogP contribution in [-0.2, 0) is 15.3 Å². The number of methoxy groups -OCH3 is 1. The molecule has 0 aromatic heterocycles. The molecule has 1 N–H and O–H groups in total. The van der Waals surface area contributed by atoms with Gasteiger partial charge < -0.3 is 14.8 Å². The average molecular weight is 419 g/mol. The number of hydrogen-bond donors (Lipinski definition) is 1. The summed E-state index contributed by atoms with van der Waals surface area (Å²) in [6.07, 6.45) is 3.30. The molecule has 0 heterocycles. The predicted molar refractivity (Wildman–Crippen MR) is 96.7 cm³/mol. The van der Waals surface area contributed by atoms with Crippen LogP contribution in [0.2, 0.25) is 0 Å². The van der Waals surface area contributed by atoms with Crippen LogP contribution in [0.15, 0.2) is 24.3 Å². The number of halogens is 1. The summed E-state index contributed by atoms with van der Waals surface area (Å²) >= 11 is 2.25. The summed E-state index contributed by atoms with van der Waals surface area (Å²) < 4.78 is 12.5. The van der Waals surface area contributed by atoms with E-state index in [0.29, 0.717) is 6.42 Å². The molecule has 1 aromatic carbocycles. The van der Waals surface area contributed by atoms with Gasteiger partial charge >= 0.3 is 6.09 Å². The van der Waals surface area contributed by atoms with Gasteiger partial charge in [0.15, 0.2) is 0 Å². The first-order valence-corrected chi connectivity index (χ1v) is 8.82. The zero-order valence-electron chi connectivity index (χ0n) is 13.8. The van der Waals surface area contributed by atoms with Crippen molar-refractivity contribution < 1.29 is 14.3 Å². The number of unbranched alkanes of at least 4 members (excludes halogenated alkanes) is 2. The number of carbonyl (C=O) groups excluding carboxylic acids is 1. The normalized spacial score (nSPS) is 13.7. The van der Waals surface area contributed by atoms with Gasteiger partial charge in [0.25, 0.3) is 0 Å². The molecular formula is C17H26INO3. The fraction of sp³-hybridized carbons (Fsp3) is 0.588. The fourth-order valence-corrected chi connectivity index (χ4v) is 3.09. The minimum absolute atomic E-state index is 0.0209. The zero-order chi connectivity index (χ0) is 16.6. The molecule has 1 rings (SSSR count). The van der Waals surface area contributed by atoms with Gasteiger partial charge in [0.1, 0.15) is 0 Å². The first-order valence-electron chi connectivity index (χ1n) is 7.75. The third-order valence-corrected chi connectivity index (χ3v) is 4.33. The second-order valence-corrected chi connectivity index (χ2v) is 6.74. The van der Waals surface area contributed by atoms with Crippen molar-refractivity contribution >= 4 is 28.7 Å². The lowest BCUT2D eigenvalue weighted by Crippen LogP contribution is -2.41. The molecule has 0 aliphatic rings. The number of ether oxygens (including phenoxy) is 2. The number of hydrogen-bond acceptors (Lipinski definition) is 3. The van der Waals surface area contributed by atoms with Gasteiger partial charge in [-0.25, -0.2) is 4.79 Å². The lowest BCUT2D eigenvalue weighted by Gasteiger charge is -2.33. The molecule has 0 bridgehead atoms. The number of carbonyl (C=O) groups is 1. The Bertz CT molecular complexity index is 479. The third kappa shape index (κ3) is 5.43. The van der Waals surface area contributed by atoms with E-state index in [2.05, 4.69) is 34.8 Å². The summed E-state index contributed by atoms with van der Waals surface area (Å²) in [7, 11) is 1.59. The molecule has 0 saturated carbocycles. The van der Waals surface area contributed by atoms with Crippen LogP contribution in [0.25, 0.3) is 0 Å². The fourth-order valence-electron chi connectivity index (χ4n) is 2.29. The average Bonchev–Trinajstić information content (AvgIpc) is 2.46. The Morgan fingerprint density at radius 3 is 2.55 bits per heavy atom. The predicted octanol–water partition coefficient (Wildman–Crippen LogP) is 4.81. The molecule has 0 radical (unpaired) electrons. The highest BCUT2D eigenvalue weighted by Gasteiger charge is 2.38. The number of benzene rings is 1. The molecule has 4 nitrogen and oxygen atoms in total. The molecule has 0 aliphatic carbocycles. The van der Waals surface area contributed by atoms with Gasteiger partial charge in [0.05, 0.1) is 0 Å². The van der Waals surface area contributed by atoms with E-state index >= 15 is 0 Å². The molecule has 0 unspecified atom stereocenters. The van der Waals surface area contributed by atoms with Crippen molar-refractivity contribution in [2.75, 3.05) is 7.11 Å². The van der Waals surface area contributed by atoms with Gasteiger partial charge in [-0.3, -0.25) is 0 Å². The molecule has 124 valence electrons. The third-order valence-electron chi connectivity index (χ3n) is 3.39. The second-order valence-electron chi connectivity index (χ2n) is 5.58. The summed E-state index contributed by atoms with van der Waals surface area (Å²) in [4.78, 5) is 12.1. The number of amides is 1. The Morgan fingerprint density at radius 1 is 1.32 bits per heavy atom. The molecule has 22 heavy (non-hydrogen) atoms. The van der Waals surface area contributed by atoms with Gasteiger partial charge in [-0.05, 0) is 48.9 Å². The van der Waals surface area contributed by atoms with E-state index in [1.165, 1.54) is 0 Å². The Kier molecular flexibility index (Phi) is 8.17. The summed E-state index contributed by atoms with van der Waals surface area (Å²) in [5.41, 5.74) is 0.896. The van der Waals surface area contributed by atoms with Crippen molar-refractivity contribution in [2.45, 2.75) is 58.3 Å². The summed E-state index contributed by atoms with van der Waals surface area (Å²) in [6, 6.07) is 7.88. The quantitative estimate of drug-likeness (QED) is 0.374. The van der Waals surface area contributed by atoms with E-state index in [9.17, 15) is 4.79 Å². The standard InChI is InChI=1S/C17H26INO3/c1-5-6-9-12-17(21-4,22-16(20)19-13(2)3)14-10-7-8-11-15(14)18/h7-8,10-11,13H,5-6,9,12H2,1-4H3,(H,19,20)/t17-/m0/s1. The lowest BCUT2D eigenvalue weighted by atomic mass is 9.99. The summed E-state index contributed by atoms with van der Waals surface area (Å²) in [6.45, 7) is 5.95. The molecule has 0 fully saturated rings. The largest absolute Gasteiger partial charge is 0.412 e. The topological polar surface area (TPSA) is 47.6 Å². The zero-order valence-corrected chi connectivity index (χ0v) is 16.0. The van der Waals surface area contributed by atoms with Gasteiger partial charge in [0.2, 0.25) is 5.79 Å². The highest BCUT2D eigenvalue weighted by Crippen LogP contribution is 2.35. The molecular weight excluding hydrogens is 393 g/mol. The summed E-state index contributed by atoms with van der Waals surface area (Å²) in [5, 5.41) is 2.77. The maximum Gasteiger partial charge on any atom is 0.410 e. The van der Waals surface area contributed by atoms with Gasteiger partial charge in [-0.1, -0.05) is 38.0 Å². The highest BCUT2D eigenvalue weighted by molar-refractivity contribution is 14.1. The monoisotopic (exact) mass is 419 g/mol. The Hall–Kier alpha value is -0.820. The SMILES string of the molecule is CCCCC[C@](OC)(OC(=O)NC(C)C)c1ccccc1I. The number of rotatable bonds is 8. The van der Waals surface area contributed by atoms with Crippen molar-refractivity contribution in [1.82, 2.24) is 5.32 Å². The van der Waals surface area contributed by atoms with Crippen LogP contribution in [0.1, 0.15) is 52.0 Å². The smallest absolute Gasteiger partial charge is 0.410 e. The minimum atomic E-state index is -1.04. The first kappa shape index (κ1) is 19.2. The van der Waals surface area contributed by atoms with Crippen LogP contribution in [-0.4, -0.2) is 19.2 Å². The molecule has 1 aromatic rings. The van der Waals surface area contributed by atoms with Crippen LogP contribution >= 0.6 is 22.6 Å². The van der Waals surface area contributed by atoms with E-state index in [1.807, 2.05) is 38.1 Å². The maximum atomic E-state index is 12.1. The van der Waals surface area contributed by atoms with E-state index in [1.54, 1.807) is 7.11 Å². The van der Waals surface area contributed by atoms with Crippen molar-refractivity contribution in [3.63, 3.8) is 0 Å². The Balaban J connectivity index is 3.06. The lowest BCUT2D eigenvalue weighted by molar-refractivity contribution is -0.199. The Labute approximate surface area is 147 Å². The maximum absolute atomic E-state index is 12.1. The molecule has 1 atom stereocenters. The van der Waals surface area contributed by atoms with Crippen LogP contribution in [0, 0.1) is 3.57 Å². The van der Waals surface area contributed by atoms with E-state index in [4.69, 9.17) is 9.47 Å². The highest BCUT2D eigenvalue weighted by atomic mass is 127. The van der Waals surface area contributed by atoms with Crippen LogP contribution in [0.5, 0.6) is 0 Å². The van der Waals surface area contributed by atoms with Crippen molar-refractivity contribution in [2.24, 2.45) is 0 Å². The van der Waals surface area contributed by atoms with Crippen LogP contribution in [0.3, 0.4) is 0 Å². The molecule has 0 saturated heterocycles. The number of nitrogens with one attached hydrogen (secondary N) is 1. The van der Waals surface area contributed by atoms with Crippen LogP contribution < -0.4 is 5.32 Å². The van der Waals surface area contributed by atoms with E-state index < -0.39 is 11.9 Å². The second kappa shape index (κ2) is 9.35. The van der Waals surface area contributed by atoms with E-state index in [-0.39, 0.29) is 6.04 Å². The number of alkyl carbamates (subject to hydrolysis) is 1.